The Morgan fingerprint density at radius 3 is 2.61 bits per heavy atom. The number of esters is 1. The largest absolute Gasteiger partial charge is 0.490 e. The number of aromatic nitrogens is 2. The molecule has 2 rings (SSSR count). The van der Waals surface area contributed by atoms with E-state index in [9.17, 15) is 9.59 Å². The molecule has 0 bridgehead atoms. The molecular formula is C24H32ClIN2O5. The van der Waals surface area contributed by atoms with Crippen molar-refractivity contribution < 1.29 is 19.0 Å². The van der Waals surface area contributed by atoms with Gasteiger partial charge in [0.05, 0.1) is 13.2 Å². The van der Waals surface area contributed by atoms with Crippen molar-refractivity contribution in [2.24, 2.45) is 5.41 Å². The standard InChI is InChI=1S/C24H32ClIN2O5/c1-7-32-23(30)20-15(2)28(10-9-17(20)29)19(24(3,4)5)14-16-13-18(21(25)27-22(16)26)33-12-8-11-31-6/h9-10,13,19H,7-8,11-12,14H2,1-6H3. The molecule has 0 saturated heterocycles. The van der Waals surface area contributed by atoms with E-state index in [2.05, 4.69) is 48.3 Å². The summed E-state index contributed by atoms with van der Waals surface area (Å²) in [5, 5.41) is 0.317. The highest BCUT2D eigenvalue weighted by molar-refractivity contribution is 14.1. The predicted molar refractivity (Wildman–Crippen MR) is 138 cm³/mol. The second-order valence-corrected chi connectivity index (χ2v) is 10.2. The molecule has 182 valence electrons. The number of halogens is 2. The Hall–Kier alpha value is -1.65. The number of pyridine rings is 2. The first-order valence-electron chi connectivity index (χ1n) is 10.9. The van der Waals surface area contributed by atoms with Crippen molar-refractivity contribution in [1.29, 1.82) is 0 Å². The lowest BCUT2D eigenvalue weighted by Crippen LogP contribution is -2.31. The van der Waals surface area contributed by atoms with Crippen molar-refractivity contribution >= 4 is 40.2 Å². The first kappa shape index (κ1) is 27.6. The second kappa shape index (κ2) is 12.2. The van der Waals surface area contributed by atoms with Crippen LogP contribution in [0.1, 0.15) is 61.8 Å². The SMILES string of the molecule is CCOC(=O)c1c(C)n(C(Cc2cc(OCCCOC)c(Cl)nc2I)C(C)(C)C)ccc1=O. The quantitative estimate of drug-likeness (QED) is 0.163. The van der Waals surface area contributed by atoms with E-state index in [1.54, 1.807) is 27.2 Å². The van der Waals surface area contributed by atoms with E-state index in [1.807, 2.05) is 10.6 Å². The van der Waals surface area contributed by atoms with Crippen LogP contribution in [0, 0.1) is 16.0 Å². The molecule has 0 radical (unpaired) electrons. The zero-order valence-electron chi connectivity index (χ0n) is 20.0. The van der Waals surface area contributed by atoms with Crippen LogP contribution >= 0.6 is 34.2 Å². The van der Waals surface area contributed by atoms with Gasteiger partial charge < -0.3 is 18.8 Å². The molecule has 9 heteroatoms. The van der Waals surface area contributed by atoms with Crippen LogP contribution in [0.25, 0.3) is 0 Å². The van der Waals surface area contributed by atoms with Gasteiger partial charge in [0.2, 0.25) is 0 Å². The molecule has 0 aliphatic heterocycles. The van der Waals surface area contributed by atoms with Crippen LogP contribution in [0.2, 0.25) is 5.15 Å². The highest BCUT2D eigenvalue weighted by atomic mass is 127. The van der Waals surface area contributed by atoms with Gasteiger partial charge in [0, 0.05) is 44.1 Å². The third-order valence-electron chi connectivity index (χ3n) is 5.33. The van der Waals surface area contributed by atoms with Gasteiger partial charge >= 0.3 is 5.97 Å². The van der Waals surface area contributed by atoms with Crippen LogP contribution in [0.5, 0.6) is 5.75 Å². The van der Waals surface area contributed by atoms with Crippen molar-refractivity contribution in [3.05, 3.63) is 54.2 Å². The molecule has 0 saturated carbocycles. The van der Waals surface area contributed by atoms with Gasteiger partial charge in [-0.2, -0.15) is 0 Å². The number of carbonyl (C=O) groups is 1. The Morgan fingerprint density at radius 1 is 1.30 bits per heavy atom. The van der Waals surface area contributed by atoms with E-state index in [0.29, 0.717) is 36.2 Å². The van der Waals surface area contributed by atoms with Gasteiger partial charge in [-0.3, -0.25) is 4.79 Å². The molecule has 0 fully saturated rings. The zero-order chi connectivity index (χ0) is 24.8. The van der Waals surface area contributed by atoms with Gasteiger partial charge in [-0.25, -0.2) is 9.78 Å². The van der Waals surface area contributed by atoms with Crippen molar-refractivity contribution in [2.75, 3.05) is 26.9 Å². The Bertz CT molecular complexity index is 1030. The third-order valence-corrected chi connectivity index (χ3v) is 6.54. The smallest absolute Gasteiger partial charge is 0.343 e. The van der Waals surface area contributed by atoms with Crippen molar-refractivity contribution in [3.8, 4) is 5.75 Å². The minimum atomic E-state index is -0.600. The summed E-state index contributed by atoms with van der Waals surface area (Å²) in [5.41, 5.74) is 1.07. The molecule has 0 aliphatic carbocycles. The summed E-state index contributed by atoms with van der Waals surface area (Å²) in [6.07, 6.45) is 3.09. The maximum atomic E-state index is 12.5. The Morgan fingerprint density at radius 2 is 2.00 bits per heavy atom. The summed E-state index contributed by atoms with van der Waals surface area (Å²) in [6, 6.07) is 3.27. The lowest BCUT2D eigenvalue weighted by Gasteiger charge is -2.35. The van der Waals surface area contributed by atoms with Crippen LogP contribution < -0.4 is 10.2 Å². The summed E-state index contributed by atoms with van der Waals surface area (Å²) >= 11 is 8.49. The fourth-order valence-electron chi connectivity index (χ4n) is 3.59. The van der Waals surface area contributed by atoms with Crippen molar-refractivity contribution in [2.45, 2.75) is 53.5 Å². The van der Waals surface area contributed by atoms with Crippen LogP contribution in [-0.2, 0) is 15.9 Å². The minimum absolute atomic E-state index is 0.0692. The fraction of sp³-hybridized carbons (Fsp3) is 0.542. The Balaban J connectivity index is 2.47. The second-order valence-electron chi connectivity index (χ2n) is 8.78. The van der Waals surface area contributed by atoms with E-state index in [0.717, 1.165) is 15.7 Å². The normalized spacial score (nSPS) is 12.5. The number of carbonyl (C=O) groups excluding carboxylic acids is 1. The average Bonchev–Trinajstić information content (AvgIpc) is 2.72. The van der Waals surface area contributed by atoms with Gasteiger partial charge in [-0.1, -0.05) is 32.4 Å². The lowest BCUT2D eigenvalue weighted by molar-refractivity contribution is 0.0521. The van der Waals surface area contributed by atoms with Crippen LogP contribution in [0.3, 0.4) is 0 Å². The number of methoxy groups -OCH3 is 1. The van der Waals surface area contributed by atoms with Crippen LogP contribution in [-0.4, -0.2) is 42.5 Å². The van der Waals surface area contributed by atoms with E-state index in [1.165, 1.54) is 6.07 Å². The summed E-state index contributed by atoms with van der Waals surface area (Å²) in [5.74, 6) is -0.0730. The molecular weight excluding hydrogens is 559 g/mol. The lowest BCUT2D eigenvalue weighted by atomic mass is 9.82. The van der Waals surface area contributed by atoms with E-state index >= 15 is 0 Å². The molecule has 0 aromatic carbocycles. The minimum Gasteiger partial charge on any atom is -0.490 e. The average molecular weight is 591 g/mol. The first-order chi connectivity index (χ1) is 15.5. The molecule has 0 amide bonds. The maximum Gasteiger partial charge on any atom is 0.343 e. The molecule has 1 unspecified atom stereocenters. The molecule has 0 spiro atoms. The van der Waals surface area contributed by atoms with Crippen molar-refractivity contribution in [1.82, 2.24) is 9.55 Å². The monoisotopic (exact) mass is 590 g/mol. The van der Waals surface area contributed by atoms with Crippen LogP contribution in [0.4, 0.5) is 0 Å². The number of hydrogen-bond donors (Lipinski definition) is 0. The fourth-order valence-corrected chi connectivity index (χ4v) is 4.54. The summed E-state index contributed by atoms with van der Waals surface area (Å²) in [4.78, 5) is 29.4. The molecule has 0 N–H and O–H groups in total. The number of nitrogens with zero attached hydrogens (tertiary/aromatic N) is 2. The van der Waals surface area contributed by atoms with Gasteiger partial charge in [0.25, 0.3) is 0 Å². The summed E-state index contributed by atoms with van der Waals surface area (Å²) in [7, 11) is 1.65. The maximum absolute atomic E-state index is 12.5. The van der Waals surface area contributed by atoms with Gasteiger partial charge in [-0.05, 0) is 59.9 Å². The first-order valence-corrected chi connectivity index (χ1v) is 12.3. The van der Waals surface area contributed by atoms with E-state index in [4.69, 9.17) is 25.8 Å². The summed E-state index contributed by atoms with van der Waals surface area (Å²) < 4.78 is 18.8. The molecule has 33 heavy (non-hydrogen) atoms. The summed E-state index contributed by atoms with van der Waals surface area (Å²) in [6.45, 7) is 11.1. The molecule has 2 aromatic heterocycles. The highest BCUT2D eigenvalue weighted by Crippen LogP contribution is 2.37. The number of hydrogen-bond acceptors (Lipinski definition) is 6. The molecule has 2 heterocycles. The number of ether oxygens (including phenoxy) is 3. The predicted octanol–water partition coefficient (Wildman–Crippen LogP) is 5.23. The molecule has 2 aromatic rings. The topological polar surface area (TPSA) is 79.7 Å². The Labute approximate surface area is 213 Å². The van der Waals surface area contributed by atoms with E-state index < -0.39 is 5.97 Å². The number of rotatable bonds is 10. The highest BCUT2D eigenvalue weighted by Gasteiger charge is 2.30. The van der Waals surface area contributed by atoms with Gasteiger partial charge in [0.15, 0.2) is 16.3 Å². The zero-order valence-corrected chi connectivity index (χ0v) is 22.9. The third kappa shape index (κ3) is 7.16. The Kier molecular flexibility index (Phi) is 10.2. The molecule has 7 nitrogen and oxygen atoms in total. The van der Waals surface area contributed by atoms with Gasteiger partial charge in [0.1, 0.15) is 9.26 Å². The van der Waals surface area contributed by atoms with E-state index in [-0.39, 0.29) is 29.1 Å². The van der Waals surface area contributed by atoms with Crippen LogP contribution in [0.15, 0.2) is 23.1 Å². The van der Waals surface area contributed by atoms with Gasteiger partial charge in [-0.15, -0.1) is 0 Å². The van der Waals surface area contributed by atoms with Crippen molar-refractivity contribution in [3.63, 3.8) is 0 Å². The molecule has 1 atom stereocenters. The molecule has 0 aliphatic rings.